The van der Waals surface area contributed by atoms with Crippen LogP contribution in [0.1, 0.15) is 32.8 Å². The van der Waals surface area contributed by atoms with Crippen molar-refractivity contribution in [2.75, 3.05) is 39.8 Å². The van der Waals surface area contributed by atoms with E-state index in [1.54, 1.807) is 12.1 Å². The Hall–Kier alpha value is -1.10. The number of phenols is 1. The van der Waals surface area contributed by atoms with Gasteiger partial charge in [-0.3, -0.25) is 4.90 Å². The van der Waals surface area contributed by atoms with E-state index in [9.17, 15) is 5.11 Å². The molecule has 0 spiro atoms. The van der Waals surface area contributed by atoms with Crippen LogP contribution in [0.5, 0.6) is 5.75 Å². The van der Waals surface area contributed by atoms with Gasteiger partial charge in [0.05, 0.1) is 0 Å². The Morgan fingerprint density at radius 1 is 1.04 bits per heavy atom. The Morgan fingerprint density at radius 2 is 1.67 bits per heavy atom. The number of piperazine rings is 1. The number of likely N-dealkylation sites (N-methyl/N-ethyl adjacent to an activating group) is 1. The number of nitrogens with one attached hydrogen (secondary N) is 1. The van der Waals surface area contributed by atoms with Gasteiger partial charge < -0.3 is 15.3 Å². The number of aromatic hydroxyl groups is 1. The number of hydrogen-bond donors (Lipinski definition) is 2. The molecule has 1 fully saturated rings. The molecule has 0 bridgehead atoms. The third kappa shape index (κ3) is 6.08. The first-order chi connectivity index (χ1) is 11.5. The lowest BCUT2D eigenvalue weighted by Crippen LogP contribution is -2.54. The van der Waals surface area contributed by atoms with Gasteiger partial charge in [-0.05, 0) is 50.4 Å². The summed E-state index contributed by atoms with van der Waals surface area (Å²) in [7, 11) is 2.21. The van der Waals surface area contributed by atoms with Crippen molar-refractivity contribution in [1.82, 2.24) is 15.1 Å². The fourth-order valence-corrected chi connectivity index (χ4v) is 3.41. The van der Waals surface area contributed by atoms with E-state index in [1.807, 2.05) is 12.1 Å². The quantitative estimate of drug-likeness (QED) is 0.767. The van der Waals surface area contributed by atoms with Gasteiger partial charge >= 0.3 is 0 Å². The molecule has 2 atom stereocenters. The van der Waals surface area contributed by atoms with Gasteiger partial charge in [0, 0.05) is 44.8 Å². The maximum absolute atomic E-state index is 9.35. The summed E-state index contributed by atoms with van der Waals surface area (Å²) in [5, 5.41) is 13.1. The Labute approximate surface area is 147 Å². The van der Waals surface area contributed by atoms with Crippen molar-refractivity contribution in [3.63, 3.8) is 0 Å². The predicted molar refractivity (Wildman–Crippen MR) is 102 cm³/mol. The molecule has 0 saturated carbocycles. The van der Waals surface area contributed by atoms with E-state index < -0.39 is 0 Å². The van der Waals surface area contributed by atoms with Crippen LogP contribution >= 0.6 is 0 Å². The Morgan fingerprint density at radius 3 is 2.25 bits per heavy atom. The van der Waals surface area contributed by atoms with Gasteiger partial charge in [-0.2, -0.15) is 0 Å². The minimum Gasteiger partial charge on any atom is -0.508 e. The van der Waals surface area contributed by atoms with Gasteiger partial charge in [0.15, 0.2) is 0 Å². The molecule has 1 aromatic rings. The van der Waals surface area contributed by atoms with E-state index in [2.05, 4.69) is 42.9 Å². The Balaban J connectivity index is 1.75. The summed E-state index contributed by atoms with van der Waals surface area (Å²) >= 11 is 0. The van der Waals surface area contributed by atoms with E-state index in [0.29, 0.717) is 23.8 Å². The molecule has 0 radical (unpaired) electrons. The van der Waals surface area contributed by atoms with Crippen molar-refractivity contribution in [3.8, 4) is 5.75 Å². The second kappa shape index (κ2) is 9.40. The van der Waals surface area contributed by atoms with Crippen molar-refractivity contribution in [2.45, 2.75) is 45.7 Å². The zero-order chi connectivity index (χ0) is 17.5. The summed E-state index contributed by atoms with van der Waals surface area (Å²) < 4.78 is 0. The Bertz CT molecular complexity index is 466. The van der Waals surface area contributed by atoms with Crippen LogP contribution in [-0.4, -0.2) is 66.8 Å². The largest absolute Gasteiger partial charge is 0.508 e. The summed E-state index contributed by atoms with van der Waals surface area (Å²) in [6.07, 6.45) is 2.17. The molecule has 1 saturated heterocycles. The molecule has 24 heavy (non-hydrogen) atoms. The maximum atomic E-state index is 9.35. The number of aryl methyl sites for hydroxylation is 1. The molecule has 136 valence electrons. The molecule has 1 heterocycles. The van der Waals surface area contributed by atoms with Crippen molar-refractivity contribution in [3.05, 3.63) is 29.8 Å². The third-order valence-corrected chi connectivity index (χ3v) is 5.25. The van der Waals surface area contributed by atoms with Gasteiger partial charge in [-0.15, -0.1) is 0 Å². The van der Waals surface area contributed by atoms with Crippen molar-refractivity contribution in [1.29, 1.82) is 0 Å². The van der Waals surface area contributed by atoms with E-state index in [-0.39, 0.29) is 0 Å². The minimum absolute atomic E-state index is 0.344. The van der Waals surface area contributed by atoms with Crippen molar-refractivity contribution in [2.24, 2.45) is 5.92 Å². The molecule has 1 aliphatic heterocycles. The van der Waals surface area contributed by atoms with Gasteiger partial charge in [0.2, 0.25) is 0 Å². The maximum Gasteiger partial charge on any atom is 0.115 e. The van der Waals surface area contributed by atoms with E-state index >= 15 is 0 Å². The highest BCUT2D eigenvalue weighted by atomic mass is 16.3. The average molecular weight is 334 g/mol. The first-order valence-electron chi connectivity index (χ1n) is 9.39. The smallest absolute Gasteiger partial charge is 0.115 e. The number of phenolic OH excluding ortho intramolecular Hbond substituents is 1. The van der Waals surface area contributed by atoms with Crippen LogP contribution in [0.4, 0.5) is 0 Å². The zero-order valence-electron chi connectivity index (χ0n) is 15.8. The number of benzene rings is 1. The molecule has 0 aromatic heterocycles. The number of rotatable bonds is 8. The molecule has 0 amide bonds. The molecule has 2 N–H and O–H groups in total. The zero-order valence-corrected chi connectivity index (χ0v) is 15.8. The average Bonchev–Trinajstić information content (AvgIpc) is 2.56. The Kier molecular flexibility index (Phi) is 7.53. The second-order valence-corrected chi connectivity index (χ2v) is 7.67. The van der Waals surface area contributed by atoms with Crippen LogP contribution < -0.4 is 5.32 Å². The SMILES string of the molecule is CC(CCc1ccc(O)cc1)NCC(C(C)C)N1CCN(C)CC1. The van der Waals surface area contributed by atoms with E-state index in [4.69, 9.17) is 0 Å². The topological polar surface area (TPSA) is 38.7 Å². The molecular weight excluding hydrogens is 298 g/mol. The van der Waals surface area contributed by atoms with Gasteiger partial charge in [-0.25, -0.2) is 0 Å². The van der Waals surface area contributed by atoms with Crippen molar-refractivity contribution < 1.29 is 5.11 Å². The fraction of sp³-hybridized carbons (Fsp3) is 0.700. The second-order valence-electron chi connectivity index (χ2n) is 7.67. The number of nitrogens with zero attached hydrogens (tertiary/aromatic N) is 2. The minimum atomic E-state index is 0.344. The molecule has 1 aliphatic rings. The van der Waals surface area contributed by atoms with Crippen LogP contribution in [0.25, 0.3) is 0 Å². The first kappa shape index (κ1) is 19.2. The predicted octanol–water partition coefficient (Wildman–Crippen LogP) is 2.57. The molecule has 1 aromatic carbocycles. The summed E-state index contributed by atoms with van der Waals surface area (Å²) in [4.78, 5) is 5.08. The van der Waals surface area contributed by atoms with Crippen LogP contribution in [0.3, 0.4) is 0 Å². The summed E-state index contributed by atoms with van der Waals surface area (Å²) in [5.41, 5.74) is 1.29. The monoisotopic (exact) mass is 333 g/mol. The first-order valence-corrected chi connectivity index (χ1v) is 9.39. The summed E-state index contributed by atoms with van der Waals surface area (Å²) in [5.74, 6) is 1.02. The summed E-state index contributed by atoms with van der Waals surface area (Å²) in [6.45, 7) is 12.8. The van der Waals surface area contributed by atoms with E-state index in [0.717, 1.165) is 19.4 Å². The van der Waals surface area contributed by atoms with Crippen LogP contribution in [0, 0.1) is 5.92 Å². The molecule has 0 aliphatic carbocycles. The van der Waals surface area contributed by atoms with Crippen molar-refractivity contribution >= 4 is 0 Å². The lowest BCUT2D eigenvalue weighted by molar-refractivity contribution is 0.0862. The van der Waals surface area contributed by atoms with Gasteiger partial charge in [0.1, 0.15) is 5.75 Å². The molecular formula is C20H35N3O. The normalized spacial score (nSPS) is 19.5. The summed E-state index contributed by atoms with van der Waals surface area (Å²) in [6, 6.07) is 8.71. The lowest BCUT2D eigenvalue weighted by atomic mass is 10.0. The molecule has 2 unspecified atom stereocenters. The highest BCUT2D eigenvalue weighted by Gasteiger charge is 2.24. The number of hydrogen-bond acceptors (Lipinski definition) is 4. The van der Waals surface area contributed by atoms with Crippen LogP contribution in [0.2, 0.25) is 0 Å². The fourth-order valence-electron chi connectivity index (χ4n) is 3.41. The van der Waals surface area contributed by atoms with Gasteiger partial charge in [0.25, 0.3) is 0 Å². The van der Waals surface area contributed by atoms with E-state index in [1.165, 1.54) is 31.7 Å². The third-order valence-electron chi connectivity index (χ3n) is 5.25. The highest BCUT2D eigenvalue weighted by molar-refractivity contribution is 5.25. The molecule has 4 heteroatoms. The highest BCUT2D eigenvalue weighted by Crippen LogP contribution is 2.14. The van der Waals surface area contributed by atoms with Crippen LogP contribution in [0.15, 0.2) is 24.3 Å². The van der Waals surface area contributed by atoms with Gasteiger partial charge in [-0.1, -0.05) is 26.0 Å². The lowest BCUT2D eigenvalue weighted by Gasteiger charge is -2.40. The molecule has 4 nitrogen and oxygen atoms in total. The van der Waals surface area contributed by atoms with Crippen LogP contribution in [-0.2, 0) is 6.42 Å². The standard InChI is InChI=1S/C20H35N3O/c1-16(2)20(23-13-11-22(4)12-14-23)15-21-17(3)5-6-18-7-9-19(24)10-8-18/h7-10,16-17,20-21,24H,5-6,11-15H2,1-4H3. The molecule has 2 rings (SSSR count).